The summed E-state index contributed by atoms with van der Waals surface area (Å²) in [5.74, 6) is 1.72. The van der Waals surface area contributed by atoms with Gasteiger partial charge >= 0.3 is 5.97 Å². The molecule has 2 fully saturated rings. The van der Waals surface area contributed by atoms with E-state index in [1.54, 1.807) is 7.11 Å². The third-order valence-corrected chi connectivity index (χ3v) is 3.89. The van der Waals surface area contributed by atoms with Crippen molar-refractivity contribution in [3.63, 3.8) is 0 Å². The summed E-state index contributed by atoms with van der Waals surface area (Å²) in [4.78, 5) is 12.0. The molecule has 0 aromatic heterocycles. The van der Waals surface area contributed by atoms with E-state index in [2.05, 4.69) is 0 Å². The summed E-state index contributed by atoms with van der Waals surface area (Å²) < 4.78 is 16.8. The highest BCUT2D eigenvalue weighted by atomic mass is 16.6. The third-order valence-electron chi connectivity index (χ3n) is 3.89. The van der Waals surface area contributed by atoms with Gasteiger partial charge < -0.3 is 14.2 Å². The molecule has 18 heavy (non-hydrogen) atoms. The molecule has 1 heterocycles. The SMILES string of the molecule is COC1=C2O[C@@H](C)C[C@@H](C)OC(=O)C3C(C=C1)C23. The predicted molar refractivity (Wildman–Crippen MR) is 64.4 cm³/mol. The molecule has 0 spiro atoms. The molecule has 1 aliphatic heterocycles. The van der Waals surface area contributed by atoms with Gasteiger partial charge in [0.2, 0.25) is 0 Å². The minimum absolute atomic E-state index is 0.0273. The van der Waals surface area contributed by atoms with Crippen LogP contribution in [0.5, 0.6) is 0 Å². The van der Waals surface area contributed by atoms with Crippen molar-refractivity contribution in [2.24, 2.45) is 17.8 Å². The fourth-order valence-corrected chi connectivity index (χ4v) is 3.02. The Morgan fingerprint density at radius 1 is 1.22 bits per heavy atom. The molecular formula is C14H18O4. The van der Waals surface area contributed by atoms with Crippen LogP contribution in [0.15, 0.2) is 23.7 Å². The summed E-state index contributed by atoms with van der Waals surface area (Å²) >= 11 is 0. The molecule has 0 radical (unpaired) electrons. The molecule has 4 nitrogen and oxygen atoms in total. The minimum atomic E-state index is -0.102. The summed E-state index contributed by atoms with van der Waals surface area (Å²) in [7, 11) is 1.63. The first-order valence-electron chi connectivity index (χ1n) is 6.45. The van der Waals surface area contributed by atoms with E-state index >= 15 is 0 Å². The standard InChI is InChI=1S/C14H18O4/c1-7-6-8(2)18-14(15)12-9-4-5-10(16-3)13(17-7)11(9)12/h4-5,7-9,11-12H,6H2,1-3H3/t7-,8+,9?,11?,12?/m0/s1. The third kappa shape index (κ3) is 1.71. The Hall–Kier alpha value is -1.45. The first-order chi connectivity index (χ1) is 8.61. The molecular weight excluding hydrogens is 232 g/mol. The molecule has 0 N–H and O–H groups in total. The van der Waals surface area contributed by atoms with E-state index in [-0.39, 0.29) is 35.9 Å². The van der Waals surface area contributed by atoms with Gasteiger partial charge in [-0.15, -0.1) is 0 Å². The second-order valence-corrected chi connectivity index (χ2v) is 5.33. The predicted octanol–water partition coefficient (Wildman–Crippen LogP) is 2.02. The number of rotatable bonds is 1. The van der Waals surface area contributed by atoms with E-state index in [1.807, 2.05) is 26.0 Å². The van der Waals surface area contributed by atoms with Crippen LogP contribution in [0.1, 0.15) is 20.3 Å². The van der Waals surface area contributed by atoms with Gasteiger partial charge in [-0.2, -0.15) is 0 Å². The molecule has 0 aromatic rings. The topological polar surface area (TPSA) is 44.8 Å². The lowest BCUT2D eigenvalue weighted by atomic mass is 10.1. The van der Waals surface area contributed by atoms with Crippen LogP contribution in [0.3, 0.4) is 0 Å². The second-order valence-electron chi connectivity index (χ2n) is 5.33. The largest absolute Gasteiger partial charge is 0.493 e. The van der Waals surface area contributed by atoms with Crippen LogP contribution in [-0.2, 0) is 19.0 Å². The van der Waals surface area contributed by atoms with Gasteiger partial charge in [0, 0.05) is 18.3 Å². The summed E-state index contributed by atoms with van der Waals surface area (Å²) in [5.41, 5.74) is 0. The van der Waals surface area contributed by atoms with Gasteiger partial charge in [0.1, 0.15) is 11.9 Å². The van der Waals surface area contributed by atoms with Gasteiger partial charge in [0.25, 0.3) is 0 Å². The summed E-state index contributed by atoms with van der Waals surface area (Å²) in [6, 6.07) is 0. The number of allylic oxidation sites excluding steroid dienone is 3. The smallest absolute Gasteiger partial charge is 0.310 e. The van der Waals surface area contributed by atoms with Gasteiger partial charge in [0.05, 0.1) is 19.1 Å². The molecule has 0 bridgehead atoms. The Morgan fingerprint density at radius 3 is 2.67 bits per heavy atom. The fourth-order valence-electron chi connectivity index (χ4n) is 3.02. The number of hydrogen-bond donors (Lipinski definition) is 0. The zero-order valence-electron chi connectivity index (χ0n) is 10.9. The van der Waals surface area contributed by atoms with Crippen molar-refractivity contribution in [3.8, 4) is 0 Å². The minimum Gasteiger partial charge on any atom is -0.493 e. The maximum absolute atomic E-state index is 12.0. The van der Waals surface area contributed by atoms with Crippen LogP contribution in [0.2, 0.25) is 0 Å². The molecule has 98 valence electrons. The Kier molecular flexibility index (Phi) is 2.61. The maximum atomic E-state index is 12.0. The van der Waals surface area contributed by atoms with Gasteiger partial charge in [-0.05, 0) is 19.9 Å². The average Bonchev–Trinajstić information content (AvgIpc) is 3.02. The first kappa shape index (κ1) is 11.6. The van der Waals surface area contributed by atoms with Crippen molar-refractivity contribution in [2.45, 2.75) is 32.5 Å². The molecule has 4 heteroatoms. The highest BCUT2D eigenvalue weighted by molar-refractivity contribution is 5.78. The molecule has 2 aliphatic carbocycles. The first-order valence-corrected chi connectivity index (χ1v) is 6.45. The molecule has 0 amide bonds. The van der Waals surface area contributed by atoms with Gasteiger partial charge in [-0.1, -0.05) is 6.08 Å². The van der Waals surface area contributed by atoms with E-state index < -0.39 is 0 Å². The lowest BCUT2D eigenvalue weighted by Gasteiger charge is -2.22. The zero-order chi connectivity index (χ0) is 12.9. The highest BCUT2D eigenvalue weighted by Gasteiger charge is 2.60. The monoisotopic (exact) mass is 250 g/mol. The number of fused-ring (bicyclic) bond motifs is 1. The van der Waals surface area contributed by atoms with Crippen molar-refractivity contribution < 1.29 is 19.0 Å². The van der Waals surface area contributed by atoms with E-state index in [0.29, 0.717) is 6.42 Å². The molecule has 5 atom stereocenters. The Labute approximate surface area is 107 Å². The maximum Gasteiger partial charge on any atom is 0.310 e. The van der Waals surface area contributed by atoms with Crippen molar-refractivity contribution in [3.05, 3.63) is 23.7 Å². The number of hydrogen-bond acceptors (Lipinski definition) is 4. The van der Waals surface area contributed by atoms with Crippen LogP contribution in [-0.4, -0.2) is 25.3 Å². The summed E-state index contributed by atoms with van der Waals surface area (Å²) in [6.45, 7) is 3.92. The number of ether oxygens (including phenoxy) is 3. The number of esters is 1. The van der Waals surface area contributed by atoms with Crippen LogP contribution in [0, 0.1) is 17.8 Å². The molecule has 0 aromatic carbocycles. The van der Waals surface area contributed by atoms with Gasteiger partial charge in [-0.3, -0.25) is 4.79 Å². The van der Waals surface area contributed by atoms with Crippen LogP contribution >= 0.6 is 0 Å². The fraction of sp³-hybridized carbons (Fsp3) is 0.643. The van der Waals surface area contributed by atoms with E-state index in [9.17, 15) is 4.79 Å². The van der Waals surface area contributed by atoms with Crippen molar-refractivity contribution in [2.75, 3.05) is 7.11 Å². The van der Waals surface area contributed by atoms with Crippen LogP contribution in [0.25, 0.3) is 0 Å². The molecule has 1 saturated heterocycles. The summed E-state index contributed by atoms with van der Waals surface area (Å²) in [6.07, 6.45) is 4.57. The second kappa shape index (κ2) is 4.04. The normalized spacial score (nSPS) is 41.9. The van der Waals surface area contributed by atoms with Gasteiger partial charge in [0.15, 0.2) is 5.76 Å². The van der Waals surface area contributed by atoms with Gasteiger partial charge in [-0.25, -0.2) is 0 Å². The Bertz CT molecular complexity index is 437. The van der Waals surface area contributed by atoms with E-state index in [0.717, 1.165) is 11.5 Å². The van der Waals surface area contributed by atoms with E-state index in [4.69, 9.17) is 14.2 Å². The number of carbonyl (C=O) groups excluding carboxylic acids is 1. The van der Waals surface area contributed by atoms with Crippen LogP contribution < -0.4 is 0 Å². The lowest BCUT2D eigenvalue weighted by molar-refractivity contribution is -0.150. The number of carbonyl (C=O) groups is 1. The van der Waals surface area contributed by atoms with Crippen molar-refractivity contribution in [1.29, 1.82) is 0 Å². The number of cyclic esters (lactones) is 1. The highest BCUT2D eigenvalue weighted by Crippen LogP contribution is 2.56. The molecule has 3 unspecified atom stereocenters. The molecule has 3 rings (SSSR count). The Balaban J connectivity index is 1.95. The molecule has 3 aliphatic rings. The zero-order valence-corrected chi connectivity index (χ0v) is 10.9. The Morgan fingerprint density at radius 2 is 1.94 bits per heavy atom. The molecule has 1 saturated carbocycles. The average molecular weight is 250 g/mol. The van der Waals surface area contributed by atoms with Crippen molar-refractivity contribution >= 4 is 5.97 Å². The number of methoxy groups -OCH3 is 1. The summed E-state index contributed by atoms with van der Waals surface area (Å²) in [5, 5.41) is 0. The van der Waals surface area contributed by atoms with E-state index in [1.165, 1.54) is 0 Å². The quantitative estimate of drug-likeness (QED) is 0.668. The van der Waals surface area contributed by atoms with Crippen molar-refractivity contribution in [1.82, 2.24) is 0 Å². The lowest BCUT2D eigenvalue weighted by Crippen LogP contribution is -2.21. The van der Waals surface area contributed by atoms with Crippen LogP contribution in [0.4, 0.5) is 0 Å².